The van der Waals surface area contributed by atoms with Gasteiger partial charge in [-0.05, 0) is 85.3 Å². The third-order valence-electron chi connectivity index (χ3n) is 14.9. The molecule has 99 heavy (non-hydrogen) atoms. The molecule has 0 unspecified atom stereocenters. The second-order valence-corrected chi connectivity index (χ2v) is 25.8. The number of anilines is 4. The number of likely N-dealkylation sites (tertiary alicyclic amines) is 2. The average Bonchev–Trinajstić information content (AvgIpc) is 1.65. The summed E-state index contributed by atoms with van der Waals surface area (Å²) in [5.41, 5.74) is 2.42. The number of nitrogens with zero attached hydrogens (tertiary/aromatic N) is 4. The van der Waals surface area contributed by atoms with Gasteiger partial charge in [0.15, 0.2) is 0 Å². The fraction of sp³-hybridized carbons (Fsp3) is 0.438. The molecule has 2 aliphatic heterocycles. The maximum absolute atomic E-state index is 15.5. The third kappa shape index (κ3) is 24.5. The quantitative estimate of drug-likeness (QED) is 0.0123. The molecule has 25 nitrogen and oxygen atoms in total. The van der Waals surface area contributed by atoms with Crippen molar-refractivity contribution in [2.24, 2.45) is 10.3 Å². The molecule has 2 aliphatic rings. The van der Waals surface area contributed by atoms with Crippen LogP contribution in [0.1, 0.15) is 51.9 Å². The van der Waals surface area contributed by atoms with Crippen molar-refractivity contribution in [3.8, 4) is 35.2 Å². The number of nitrogens with two attached hydrogens (primary N) is 2. The Morgan fingerprint density at radius 3 is 1.38 bits per heavy atom. The maximum atomic E-state index is 15.5. The lowest BCUT2D eigenvalue weighted by Gasteiger charge is -2.36. The molecule has 0 amide bonds. The Morgan fingerprint density at radius 1 is 0.616 bits per heavy atom. The Morgan fingerprint density at radius 2 is 1.04 bits per heavy atom. The second-order valence-electron chi connectivity index (χ2n) is 22.6. The first kappa shape index (κ1) is 79.0. The van der Waals surface area contributed by atoms with Gasteiger partial charge in [0.05, 0.1) is 95.7 Å². The largest absolute Gasteiger partial charge is 0.495 e. The first-order chi connectivity index (χ1) is 46.4. The first-order valence-corrected chi connectivity index (χ1v) is 33.3. The van der Waals surface area contributed by atoms with Crippen LogP contribution in [-0.2, 0) is 66.5 Å². The predicted molar refractivity (Wildman–Crippen MR) is 350 cm³/mol. The minimum Gasteiger partial charge on any atom is -0.495 e. The van der Waals surface area contributed by atoms with Crippen LogP contribution in [0.4, 0.5) is 57.9 Å². The minimum absolute atomic E-state index is 0.00316. The highest BCUT2D eigenvalue weighted by molar-refractivity contribution is 7.89. The van der Waals surface area contributed by atoms with Gasteiger partial charge in [0.1, 0.15) is 49.6 Å². The Balaban J connectivity index is 0.000000286. The van der Waals surface area contributed by atoms with Crippen molar-refractivity contribution in [2.45, 2.75) is 112 Å². The molecule has 35 heteroatoms. The van der Waals surface area contributed by atoms with Gasteiger partial charge >= 0.3 is 36.2 Å². The standard InChI is InChI=1S/C32H37F4N5O7S.C28H33F4N5O5S.C4H6O3/c1-20(42)47-18-23(48-21(2)43)16-40-13-11-28(26(33)17-40)39-27-7-4-8-30-25(27)14-22(41(30)19-32(34,35)36)6-5-12-38-29-10-9-24(49(37,44)45)15-31(29)46-3;1-42-27-13-20(43(33,40)41)7-8-25(27)34-10-3-4-18-12-21-23(5-2-6-26(21)37(18)17-28(30,31)32)35-24-9-11-36(15-22(24)29)14-19(39)16-38;1-3(5)7-4(2)6/h4,7-10,14-15,23,26,28,38-39H,11-13,16-19H2,1-3H3,(H2,37,44,45);2,5-8,12-13,19,22,24,34-35,38-39H,9-11,14-17H2,1H3,(H2,33,40,41);1-2H3/t23-,26-,28+;19-,22-,24+;/m11./s1. The smallest absolute Gasteiger partial charge is 0.406 e. The number of piperidine rings is 2. The summed E-state index contributed by atoms with van der Waals surface area (Å²) in [6.07, 6.45) is -12.8. The van der Waals surface area contributed by atoms with Gasteiger partial charge in [-0.1, -0.05) is 24.0 Å². The van der Waals surface area contributed by atoms with Gasteiger partial charge in [0, 0.05) is 101 Å². The molecule has 2 fully saturated rings. The van der Waals surface area contributed by atoms with Crippen molar-refractivity contribution >= 4 is 88.5 Å². The molecule has 6 aromatic rings. The number of hydrogen-bond donors (Lipinski definition) is 8. The fourth-order valence-corrected chi connectivity index (χ4v) is 11.7. The molecule has 4 aromatic carbocycles. The lowest BCUT2D eigenvalue weighted by atomic mass is 10.0. The van der Waals surface area contributed by atoms with Crippen LogP contribution in [-0.4, -0.2) is 199 Å². The number of fused-ring (bicyclic) bond motifs is 2. The summed E-state index contributed by atoms with van der Waals surface area (Å²) in [7, 11) is -5.23. The van der Waals surface area contributed by atoms with E-state index in [2.05, 4.69) is 49.7 Å². The van der Waals surface area contributed by atoms with Crippen molar-refractivity contribution in [3.05, 3.63) is 96.3 Å². The van der Waals surface area contributed by atoms with Crippen LogP contribution in [0.5, 0.6) is 11.5 Å². The first-order valence-electron chi connectivity index (χ1n) is 30.2. The molecule has 0 aliphatic carbocycles. The molecular formula is C64H76F8N10O15S2. The van der Waals surface area contributed by atoms with Crippen molar-refractivity contribution < 1.29 is 105 Å². The summed E-state index contributed by atoms with van der Waals surface area (Å²) < 4.78 is 185. The lowest BCUT2D eigenvalue weighted by Crippen LogP contribution is -2.50. The lowest BCUT2D eigenvalue weighted by molar-refractivity contribution is -0.157. The Kier molecular flexibility index (Phi) is 28.1. The van der Waals surface area contributed by atoms with Crippen molar-refractivity contribution in [1.29, 1.82) is 0 Å². The van der Waals surface area contributed by atoms with Crippen LogP contribution in [0.25, 0.3) is 21.8 Å². The number of alkyl halides is 8. The van der Waals surface area contributed by atoms with E-state index in [9.17, 15) is 67.5 Å². The van der Waals surface area contributed by atoms with E-state index in [-0.39, 0.29) is 89.6 Å². The zero-order chi connectivity index (χ0) is 73.2. The Bertz CT molecular complexity index is 4180. The van der Waals surface area contributed by atoms with Crippen molar-refractivity contribution in [3.63, 3.8) is 0 Å². The van der Waals surface area contributed by atoms with Gasteiger partial charge in [0.25, 0.3) is 0 Å². The minimum atomic E-state index is -4.56. The number of aliphatic hydroxyl groups excluding tert-OH is 2. The number of rotatable bonds is 22. The molecule has 2 saturated heterocycles. The van der Waals surface area contributed by atoms with Crippen LogP contribution >= 0.6 is 0 Å². The van der Waals surface area contributed by atoms with E-state index < -0.39 is 113 Å². The van der Waals surface area contributed by atoms with Crippen LogP contribution in [0.2, 0.25) is 0 Å². The van der Waals surface area contributed by atoms with Crippen LogP contribution < -0.4 is 41.0 Å². The van der Waals surface area contributed by atoms with Gasteiger partial charge in [-0.25, -0.2) is 35.9 Å². The summed E-state index contributed by atoms with van der Waals surface area (Å²) in [6.45, 7) is 2.83. The number of carbonyl (C=O) groups is 4. The fourth-order valence-electron chi connectivity index (χ4n) is 10.7. The van der Waals surface area contributed by atoms with Gasteiger partial charge in [-0.15, -0.1) is 0 Å². The number of sulfonamides is 2. The topological polar surface area (TPSA) is 340 Å². The summed E-state index contributed by atoms with van der Waals surface area (Å²) in [6, 6.07) is 19.3. The monoisotopic (exact) mass is 1440 g/mol. The summed E-state index contributed by atoms with van der Waals surface area (Å²) >= 11 is 0. The molecule has 4 heterocycles. The average molecular weight is 1440 g/mol. The Hall–Kier alpha value is -8.94. The molecule has 2 aromatic heterocycles. The summed E-state index contributed by atoms with van der Waals surface area (Å²) in [5, 5.41) is 42.1. The predicted octanol–water partition coefficient (Wildman–Crippen LogP) is 6.24. The number of methoxy groups -OCH3 is 2. The zero-order valence-corrected chi connectivity index (χ0v) is 56.1. The number of hydrogen-bond acceptors (Lipinski definition) is 21. The number of β-amino-alcohol motifs (C(OH)–C–C–N with tert-alkyl or cyclic N) is 1. The van der Waals surface area contributed by atoms with Gasteiger partial charge in [-0.3, -0.25) is 29.0 Å². The molecule has 6 atom stereocenters. The normalized spacial score (nSPS) is 17.3. The van der Waals surface area contributed by atoms with E-state index in [1.807, 2.05) is 0 Å². The summed E-state index contributed by atoms with van der Waals surface area (Å²) in [5.74, 6) is 9.30. The van der Waals surface area contributed by atoms with Crippen molar-refractivity contribution in [2.75, 3.05) is 101 Å². The van der Waals surface area contributed by atoms with Crippen LogP contribution in [0.15, 0.2) is 94.7 Å². The third-order valence-corrected chi connectivity index (χ3v) is 16.7. The van der Waals surface area contributed by atoms with E-state index in [1.165, 1.54) is 96.5 Å². The van der Waals surface area contributed by atoms with E-state index >= 15 is 8.78 Å². The van der Waals surface area contributed by atoms with Gasteiger partial charge < -0.3 is 64.3 Å². The van der Waals surface area contributed by atoms with E-state index in [4.69, 9.17) is 34.3 Å². The number of nitrogens with one attached hydrogen (secondary N) is 4. The molecule has 8 rings (SSSR count). The highest BCUT2D eigenvalue weighted by Gasteiger charge is 2.35. The molecular weight excluding hydrogens is 1360 g/mol. The number of halogens is 8. The zero-order valence-electron chi connectivity index (χ0n) is 54.4. The number of ether oxygens (including phenoxy) is 5. The highest BCUT2D eigenvalue weighted by atomic mass is 32.2. The Labute approximate surface area is 565 Å². The number of aromatic nitrogens is 2. The number of benzene rings is 4. The number of primary sulfonamides is 2. The van der Waals surface area contributed by atoms with Gasteiger partial charge in [0.2, 0.25) is 20.0 Å². The van der Waals surface area contributed by atoms with Crippen molar-refractivity contribution in [1.82, 2.24) is 18.9 Å². The van der Waals surface area contributed by atoms with Crippen LogP contribution in [0.3, 0.4) is 0 Å². The number of esters is 4. The number of aliphatic hydroxyl groups is 2. The number of carbonyl (C=O) groups excluding carboxylic acids is 4. The highest BCUT2D eigenvalue weighted by Crippen LogP contribution is 2.35. The molecule has 0 saturated carbocycles. The molecule has 10 N–H and O–H groups in total. The second kappa shape index (κ2) is 35.2. The molecule has 0 spiro atoms. The molecule has 0 bridgehead atoms. The molecule has 0 radical (unpaired) electrons. The molecule has 540 valence electrons. The summed E-state index contributed by atoms with van der Waals surface area (Å²) in [4.78, 5) is 45.5. The van der Waals surface area contributed by atoms with E-state index in [1.54, 1.807) is 40.1 Å². The van der Waals surface area contributed by atoms with Gasteiger partial charge in [-0.2, -0.15) is 26.3 Å². The van der Waals surface area contributed by atoms with E-state index in [0.29, 0.717) is 59.5 Å². The van der Waals surface area contributed by atoms with Crippen LogP contribution in [0, 0.1) is 23.7 Å². The SMILES string of the molecule is CC(=O)OC(C)=O.COc1cc(S(N)(=O)=O)ccc1NCC#Cc1cc2c(N[C@H]3CCN(C[C@@H](O)CO)C[C@H]3F)cccc2n1CC(F)(F)F.COc1cc(S(N)(=O)=O)ccc1NCC#Cc1cc2c(N[C@H]3CCN(C[C@H](COC(C)=O)OC(C)=O)C[C@H]3F)cccc2n1CC(F)(F)F. The van der Waals surface area contributed by atoms with E-state index in [0.717, 1.165) is 9.13 Å². The maximum Gasteiger partial charge on any atom is 0.406 e.